The summed E-state index contributed by atoms with van der Waals surface area (Å²) >= 11 is 1.30. The summed E-state index contributed by atoms with van der Waals surface area (Å²) in [5.41, 5.74) is -0.231. The maximum atomic E-state index is 12.7. The first-order valence-electron chi connectivity index (χ1n) is 9.54. The fraction of sp³-hybridized carbons (Fsp3) is 0.400. The first-order chi connectivity index (χ1) is 14.0. The van der Waals surface area contributed by atoms with E-state index in [0.717, 1.165) is 29.8 Å². The quantitative estimate of drug-likeness (QED) is 0.666. The molecule has 1 N–H and O–H groups in total. The van der Waals surface area contributed by atoms with Crippen LogP contribution in [-0.4, -0.2) is 33.4 Å². The zero-order chi connectivity index (χ0) is 20.4. The number of nitrogens with one attached hydrogen (secondary N) is 1. The zero-order valence-electron chi connectivity index (χ0n) is 16.3. The second-order valence-electron chi connectivity index (χ2n) is 7.16. The number of pyridine rings is 1. The van der Waals surface area contributed by atoms with Crippen molar-refractivity contribution in [3.63, 3.8) is 0 Å². The lowest BCUT2D eigenvalue weighted by Gasteiger charge is -2.11. The van der Waals surface area contributed by atoms with Gasteiger partial charge in [-0.05, 0) is 56.3 Å². The maximum Gasteiger partial charge on any atom is 0.258 e. The second kappa shape index (κ2) is 8.30. The summed E-state index contributed by atoms with van der Waals surface area (Å²) in [5.74, 6) is 0.377. The van der Waals surface area contributed by atoms with Crippen molar-refractivity contribution in [3.8, 4) is 5.75 Å². The Morgan fingerprint density at radius 3 is 3.00 bits per heavy atom. The van der Waals surface area contributed by atoms with Gasteiger partial charge in [-0.15, -0.1) is 10.2 Å². The van der Waals surface area contributed by atoms with E-state index in [1.54, 1.807) is 24.4 Å². The van der Waals surface area contributed by atoms with Gasteiger partial charge in [-0.2, -0.15) is 0 Å². The molecule has 3 heterocycles. The molecule has 1 amide bonds. The number of amides is 1. The molecule has 9 heteroatoms. The number of fused-ring (bicyclic) bond motifs is 1. The number of ether oxygens (including phenoxy) is 2. The molecule has 2 aromatic heterocycles. The van der Waals surface area contributed by atoms with Gasteiger partial charge in [-0.25, -0.2) is 0 Å². The number of hydrogen-bond acceptors (Lipinski definition) is 7. The summed E-state index contributed by atoms with van der Waals surface area (Å²) in [5, 5.41) is 13.3. The van der Waals surface area contributed by atoms with E-state index in [-0.39, 0.29) is 30.2 Å². The van der Waals surface area contributed by atoms with Gasteiger partial charge in [0, 0.05) is 18.2 Å². The van der Waals surface area contributed by atoms with Crippen LogP contribution in [0.15, 0.2) is 35.3 Å². The number of benzene rings is 1. The molecule has 0 spiro atoms. The highest BCUT2D eigenvalue weighted by atomic mass is 32.1. The Kier molecular flexibility index (Phi) is 5.59. The van der Waals surface area contributed by atoms with Gasteiger partial charge in [0.1, 0.15) is 23.4 Å². The molecule has 3 aromatic rings. The average Bonchev–Trinajstić information content (AvgIpc) is 3.35. The number of carbonyl (C=O) groups excluding carboxylic acids is 1. The fourth-order valence-electron chi connectivity index (χ4n) is 3.24. The molecule has 1 aliphatic rings. The SMILES string of the molecule is CC(C)Oc1ccc2c(=O)n(CC(=O)Nc3nnc(C4CCCO4)s3)ccc2c1. The van der Waals surface area contributed by atoms with E-state index in [9.17, 15) is 9.59 Å². The number of aromatic nitrogens is 3. The van der Waals surface area contributed by atoms with Gasteiger partial charge in [0.15, 0.2) is 0 Å². The summed E-state index contributed by atoms with van der Waals surface area (Å²) in [6, 6.07) is 7.12. The normalized spacial score (nSPS) is 16.4. The second-order valence-corrected chi connectivity index (χ2v) is 8.17. The number of nitrogens with zero attached hydrogens (tertiary/aromatic N) is 3. The van der Waals surface area contributed by atoms with E-state index < -0.39 is 0 Å². The van der Waals surface area contributed by atoms with E-state index in [4.69, 9.17) is 9.47 Å². The van der Waals surface area contributed by atoms with Crippen LogP contribution >= 0.6 is 11.3 Å². The van der Waals surface area contributed by atoms with Crippen molar-refractivity contribution in [3.05, 3.63) is 45.8 Å². The van der Waals surface area contributed by atoms with E-state index in [1.165, 1.54) is 15.9 Å². The molecule has 152 valence electrons. The van der Waals surface area contributed by atoms with E-state index >= 15 is 0 Å². The monoisotopic (exact) mass is 414 g/mol. The third-order valence-corrected chi connectivity index (χ3v) is 5.46. The molecule has 4 rings (SSSR count). The third kappa shape index (κ3) is 4.46. The Morgan fingerprint density at radius 1 is 1.38 bits per heavy atom. The third-order valence-electron chi connectivity index (χ3n) is 4.53. The van der Waals surface area contributed by atoms with Crippen molar-refractivity contribution in [1.82, 2.24) is 14.8 Å². The Balaban J connectivity index is 1.46. The maximum absolute atomic E-state index is 12.7. The summed E-state index contributed by atoms with van der Waals surface area (Å²) in [7, 11) is 0. The summed E-state index contributed by atoms with van der Waals surface area (Å²) < 4.78 is 12.6. The predicted octanol–water partition coefficient (Wildman–Crippen LogP) is 3.13. The van der Waals surface area contributed by atoms with Gasteiger partial charge in [0.25, 0.3) is 5.56 Å². The largest absolute Gasteiger partial charge is 0.491 e. The van der Waals surface area contributed by atoms with Gasteiger partial charge < -0.3 is 14.0 Å². The molecular formula is C20H22N4O4S. The van der Waals surface area contributed by atoms with Gasteiger partial charge in [-0.3, -0.25) is 14.9 Å². The van der Waals surface area contributed by atoms with Crippen LogP contribution in [0.2, 0.25) is 0 Å². The van der Waals surface area contributed by atoms with Crippen LogP contribution in [0.1, 0.15) is 37.8 Å². The Labute approximate surface area is 171 Å². The minimum absolute atomic E-state index is 0.0363. The molecule has 0 radical (unpaired) electrons. The lowest BCUT2D eigenvalue weighted by Crippen LogP contribution is -2.27. The molecule has 1 aromatic carbocycles. The van der Waals surface area contributed by atoms with Crippen molar-refractivity contribution >= 4 is 33.1 Å². The molecule has 1 unspecified atom stereocenters. The molecule has 0 aliphatic carbocycles. The van der Waals surface area contributed by atoms with Crippen LogP contribution in [0.25, 0.3) is 10.8 Å². The van der Waals surface area contributed by atoms with Crippen LogP contribution in [0, 0.1) is 0 Å². The number of anilines is 1. The Morgan fingerprint density at radius 2 is 2.24 bits per heavy atom. The lowest BCUT2D eigenvalue weighted by atomic mass is 10.1. The highest BCUT2D eigenvalue weighted by Crippen LogP contribution is 2.31. The number of carbonyl (C=O) groups is 1. The number of rotatable bonds is 6. The van der Waals surface area contributed by atoms with Crippen molar-refractivity contribution in [2.45, 2.75) is 45.4 Å². The van der Waals surface area contributed by atoms with Crippen molar-refractivity contribution < 1.29 is 14.3 Å². The average molecular weight is 414 g/mol. The van der Waals surface area contributed by atoms with Crippen LogP contribution in [-0.2, 0) is 16.1 Å². The van der Waals surface area contributed by atoms with Crippen LogP contribution in [0.4, 0.5) is 5.13 Å². The molecule has 1 aliphatic heterocycles. The van der Waals surface area contributed by atoms with E-state index in [1.807, 2.05) is 19.9 Å². The molecule has 1 saturated heterocycles. The first kappa shape index (κ1) is 19.5. The summed E-state index contributed by atoms with van der Waals surface area (Å²) in [6.45, 7) is 4.51. The van der Waals surface area contributed by atoms with E-state index in [0.29, 0.717) is 16.3 Å². The van der Waals surface area contributed by atoms with Gasteiger partial charge in [0.05, 0.1) is 6.10 Å². The van der Waals surface area contributed by atoms with Gasteiger partial charge in [0.2, 0.25) is 11.0 Å². The summed E-state index contributed by atoms with van der Waals surface area (Å²) in [6.07, 6.45) is 3.55. The molecule has 29 heavy (non-hydrogen) atoms. The highest BCUT2D eigenvalue weighted by Gasteiger charge is 2.22. The molecule has 1 fully saturated rings. The van der Waals surface area contributed by atoms with Gasteiger partial charge in [-0.1, -0.05) is 11.3 Å². The minimum atomic E-state index is -0.332. The molecule has 0 saturated carbocycles. The smallest absolute Gasteiger partial charge is 0.258 e. The number of hydrogen-bond donors (Lipinski definition) is 1. The van der Waals surface area contributed by atoms with Crippen molar-refractivity contribution in [2.24, 2.45) is 0 Å². The van der Waals surface area contributed by atoms with Crippen LogP contribution in [0.5, 0.6) is 5.75 Å². The highest BCUT2D eigenvalue weighted by molar-refractivity contribution is 7.15. The van der Waals surface area contributed by atoms with Crippen molar-refractivity contribution in [2.75, 3.05) is 11.9 Å². The Bertz CT molecular complexity index is 1090. The van der Waals surface area contributed by atoms with Crippen LogP contribution in [0.3, 0.4) is 0 Å². The van der Waals surface area contributed by atoms with E-state index in [2.05, 4.69) is 15.5 Å². The first-order valence-corrected chi connectivity index (χ1v) is 10.4. The molecule has 1 atom stereocenters. The molecule has 0 bridgehead atoms. The predicted molar refractivity (Wildman–Crippen MR) is 110 cm³/mol. The van der Waals surface area contributed by atoms with Crippen molar-refractivity contribution in [1.29, 1.82) is 0 Å². The molecule has 8 nitrogen and oxygen atoms in total. The van der Waals surface area contributed by atoms with Gasteiger partial charge >= 0.3 is 0 Å². The van der Waals surface area contributed by atoms with Crippen LogP contribution < -0.4 is 15.6 Å². The minimum Gasteiger partial charge on any atom is -0.491 e. The summed E-state index contributed by atoms with van der Waals surface area (Å²) in [4.78, 5) is 25.1. The Hall–Kier alpha value is -2.78. The lowest BCUT2D eigenvalue weighted by molar-refractivity contribution is -0.116. The standard InChI is InChI=1S/C20H22N4O4S/c1-12(2)28-14-5-6-15-13(10-14)7-8-24(19(15)26)11-17(25)21-20-23-22-18(29-20)16-4-3-9-27-16/h5-8,10,12,16H,3-4,9,11H2,1-2H3,(H,21,23,25). The topological polar surface area (TPSA) is 95.3 Å². The fourth-order valence-corrected chi connectivity index (χ4v) is 4.08. The molecular weight excluding hydrogens is 392 g/mol. The zero-order valence-corrected chi connectivity index (χ0v) is 17.1.